The molecule has 23 heavy (non-hydrogen) atoms. The maximum atomic E-state index is 9.43. The van der Waals surface area contributed by atoms with Crippen molar-refractivity contribution in [3.8, 4) is 17.2 Å². The fourth-order valence-corrected chi connectivity index (χ4v) is 2.44. The fourth-order valence-electron chi connectivity index (χ4n) is 2.22. The Kier molecular flexibility index (Phi) is 4.08. The molecule has 2 aromatic carbocycles. The summed E-state index contributed by atoms with van der Waals surface area (Å²) in [6.07, 6.45) is 1.45. The summed E-state index contributed by atoms with van der Waals surface area (Å²) in [6, 6.07) is 8.24. The second-order valence-electron chi connectivity index (χ2n) is 4.74. The number of rotatable bonds is 4. The number of halogens is 1. The molecular weight excluding hydrogens is 318 g/mol. The molecular formula is C16H14ClN3O3. The molecule has 1 heterocycles. The van der Waals surface area contributed by atoms with E-state index in [1.54, 1.807) is 38.5 Å². The zero-order chi connectivity index (χ0) is 16.4. The summed E-state index contributed by atoms with van der Waals surface area (Å²) in [5.74, 6) is 1.84. The Balaban J connectivity index is 2.10. The van der Waals surface area contributed by atoms with Gasteiger partial charge in [0, 0.05) is 17.5 Å². The van der Waals surface area contributed by atoms with Crippen LogP contribution in [0.4, 0.5) is 11.5 Å². The van der Waals surface area contributed by atoms with E-state index >= 15 is 0 Å². The molecule has 0 saturated heterocycles. The van der Waals surface area contributed by atoms with Crippen molar-refractivity contribution in [1.29, 1.82) is 0 Å². The predicted molar refractivity (Wildman–Crippen MR) is 89.0 cm³/mol. The third kappa shape index (κ3) is 2.93. The molecule has 0 bridgehead atoms. The molecule has 0 aliphatic heterocycles. The smallest absolute Gasteiger partial charge is 0.162 e. The van der Waals surface area contributed by atoms with Gasteiger partial charge in [-0.15, -0.1) is 0 Å². The van der Waals surface area contributed by atoms with Crippen LogP contribution >= 0.6 is 11.6 Å². The molecule has 1 aromatic heterocycles. The largest absolute Gasteiger partial charge is 0.508 e. The number of hydrogen-bond donors (Lipinski definition) is 2. The van der Waals surface area contributed by atoms with Gasteiger partial charge >= 0.3 is 0 Å². The number of aromatic hydroxyl groups is 1. The molecule has 2 N–H and O–H groups in total. The van der Waals surface area contributed by atoms with E-state index in [9.17, 15) is 5.11 Å². The lowest BCUT2D eigenvalue weighted by Crippen LogP contribution is -1.98. The van der Waals surface area contributed by atoms with E-state index in [0.29, 0.717) is 33.5 Å². The number of phenolic OH excluding ortho intramolecular Hbond substituents is 1. The quantitative estimate of drug-likeness (QED) is 0.709. The standard InChI is InChI=1S/C16H14ClN3O3/c1-22-14-6-10-13(7-15(14)23-2)18-8-19-16(10)20-12-4-3-9(21)5-11(12)17/h3-8,21H,1-2H3,(H,18,19,20). The van der Waals surface area contributed by atoms with Gasteiger partial charge in [-0.05, 0) is 18.2 Å². The lowest BCUT2D eigenvalue weighted by Gasteiger charge is -2.12. The molecule has 0 atom stereocenters. The number of fused-ring (bicyclic) bond motifs is 1. The topological polar surface area (TPSA) is 76.5 Å². The van der Waals surface area contributed by atoms with Gasteiger partial charge in [0.05, 0.1) is 30.4 Å². The Morgan fingerprint density at radius 3 is 2.48 bits per heavy atom. The van der Waals surface area contributed by atoms with Crippen molar-refractivity contribution < 1.29 is 14.6 Å². The molecule has 7 heteroatoms. The number of ether oxygens (including phenoxy) is 2. The summed E-state index contributed by atoms with van der Waals surface area (Å²) in [5.41, 5.74) is 1.33. The van der Waals surface area contributed by atoms with Crippen molar-refractivity contribution in [2.45, 2.75) is 0 Å². The molecule has 3 aromatic rings. The molecule has 0 aliphatic rings. The van der Waals surface area contributed by atoms with Crippen LogP contribution in [0.25, 0.3) is 10.9 Å². The number of nitrogens with one attached hydrogen (secondary N) is 1. The third-order valence-electron chi connectivity index (χ3n) is 3.35. The van der Waals surface area contributed by atoms with E-state index in [1.165, 1.54) is 12.4 Å². The van der Waals surface area contributed by atoms with Crippen LogP contribution in [0.1, 0.15) is 0 Å². The van der Waals surface area contributed by atoms with E-state index in [-0.39, 0.29) is 5.75 Å². The van der Waals surface area contributed by atoms with Crippen molar-refractivity contribution in [3.63, 3.8) is 0 Å². The van der Waals surface area contributed by atoms with Gasteiger partial charge in [0.1, 0.15) is 17.9 Å². The van der Waals surface area contributed by atoms with Crippen LogP contribution in [0.2, 0.25) is 5.02 Å². The Morgan fingerprint density at radius 1 is 1.04 bits per heavy atom. The number of phenols is 1. The van der Waals surface area contributed by atoms with E-state index < -0.39 is 0 Å². The lowest BCUT2D eigenvalue weighted by molar-refractivity contribution is 0.356. The van der Waals surface area contributed by atoms with E-state index in [2.05, 4.69) is 15.3 Å². The maximum Gasteiger partial charge on any atom is 0.162 e. The highest BCUT2D eigenvalue weighted by Crippen LogP contribution is 2.35. The number of aromatic nitrogens is 2. The Labute approximate surface area is 137 Å². The van der Waals surface area contributed by atoms with Crippen LogP contribution in [0.15, 0.2) is 36.7 Å². The SMILES string of the molecule is COc1cc2ncnc(Nc3ccc(O)cc3Cl)c2cc1OC. The van der Waals surface area contributed by atoms with Crippen LogP contribution in [0.3, 0.4) is 0 Å². The van der Waals surface area contributed by atoms with Gasteiger partial charge in [-0.2, -0.15) is 0 Å². The molecule has 6 nitrogen and oxygen atoms in total. The molecule has 0 amide bonds. The van der Waals surface area contributed by atoms with Gasteiger partial charge in [0.15, 0.2) is 11.5 Å². The van der Waals surface area contributed by atoms with Crippen molar-refractivity contribution in [1.82, 2.24) is 9.97 Å². The highest BCUT2D eigenvalue weighted by Gasteiger charge is 2.12. The second-order valence-corrected chi connectivity index (χ2v) is 5.14. The van der Waals surface area contributed by atoms with E-state index in [4.69, 9.17) is 21.1 Å². The first kappa shape index (κ1) is 15.2. The number of hydrogen-bond acceptors (Lipinski definition) is 6. The first-order valence-corrected chi connectivity index (χ1v) is 7.12. The Bertz CT molecular complexity index is 871. The maximum absolute atomic E-state index is 9.43. The number of benzene rings is 2. The lowest BCUT2D eigenvalue weighted by atomic mass is 10.2. The van der Waals surface area contributed by atoms with Gasteiger partial charge < -0.3 is 19.9 Å². The predicted octanol–water partition coefficient (Wildman–Crippen LogP) is 3.75. The highest BCUT2D eigenvalue weighted by atomic mass is 35.5. The van der Waals surface area contributed by atoms with Crippen LogP contribution in [-0.2, 0) is 0 Å². The van der Waals surface area contributed by atoms with Crippen molar-refractivity contribution in [2.24, 2.45) is 0 Å². The number of nitrogens with zero attached hydrogens (tertiary/aromatic N) is 2. The average molecular weight is 332 g/mol. The van der Waals surface area contributed by atoms with Gasteiger partial charge in [0.2, 0.25) is 0 Å². The minimum absolute atomic E-state index is 0.0968. The van der Waals surface area contributed by atoms with Crippen LogP contribution in [-0.4, -0.2) is 29.3 Å². The molecule has 3 rings (SSSR count). The van der Waals surface area contributed by atoms with Crippen molar-refractivity contribution >= 4 is 34.0 Å². The molecule has 0 radical (unpaired) electrons. The highest BCUT2D eigenvalue weighted by molar-refractivity contribution is 6.33. The molecule has 118 valence electrons. The minimum atomic E-state index is 0.0968. The zero-order valence-corrected chi connectivity index (χ0v) is 13.3. The summed E-state index contributed by atoms with van der Waals surface area (Å²) in [7, 11) is 3.14. The minimum Gasteiger partial charge on any atom is -0.508 e. The van der Waals surface area contributed by atoms with Gasteiger partial charge in [-0.1, -0.05) is 11.6 Å². The molecule has 0 fully saturated rings. The van der Waals surface area contributed by atoms with Crippen LogP contribution in [0, 0.1) is 0 Å². The zero-order valence-electron chi connectivity index (χ0n) is 12.5. The van der Waals surface area contributed by atoms with Crippen LogP contribution in [0.5, 0.6) is 17.2 Å². The molecule has 0 unspecified atom stereocenters. The van der Waals surface area contributed by atoms with Gasteiger partial charge in [0.25, 0.3) is 0 Å². The second kappa shape index (κ2) is 6.18. The monoisotopic (exact) mass is 331 g/mol. The summed E-state index contributed by atoms with van der Waals surface area (Å²) >= 11 is 6.13. The molecule has 0 aliphatic carbocycles. The summed E-state index contributed by atoms with van der Waals surface area (Å²) < 4.78 is 10.6. The average Bonchev–Trinajstić information content (AvgIpc) is 2.56. The Hall–Kier alpha value is -2.73. The Morgan fingerprint density at radius 2 is 1.78 bits per heavy atom. The first-order valence-electron chi connectivity index (χ1n) is 6.74. The number of methoxy groups -OCH3 is 2. The molecule has 0 saturated carbocycles. The summed E-state index contributed by atoms with van der Waals surface area (Å²) in [6.45, 7) is 0. The molecule has 0 spiro atoms. The van der Waals surface area contributed by atoms with E-state index in [1.807, 2.05) is 0 Å². The normalized spacial score (nSPS) is 10.6. The third-order valence-corrected chi connectivity index (χ3v) is 3.66. The van der Waals surface area contributed by atoms with E-state index in [0.717, 1.165) is 5.39 Å². The van der Waals surface area contributed by atoms with Crippen LogP contribution < -0.4 is 14.8 Å². The van der Waals surface area contributed by atoms with Gasteiger partial charge in [-0.3, -0.25) is 0 Å². The number of anilines is 2. The fraction of sp³-hybridized carbons (Fsp3) is 0.125. The first-order chi connectivity index (χ1) is 11.1. The van der Waals surface area contributed by atoms with Gasteiger partial charge in [-0.25, -0.2) is 9.97 Å². The summed E-state index contributed by atoms with van der Waals surface area (Å²) in [5, 5.41) is 13.7. The van der Waals surface area contributed by atoms with Crippen molar-refractivity contribution in [3.05, 3.63) is 41.7 Å². The van der Waals surface area contributed by atoms with Crippen molar-refractivity contribution in [2.75, 3.05) is 19.5 Å². The summed E-state index contributed by atoms with van der Waals surface area (Å²) in [4.78, 5) is 8.50.